The number of rotatable bonds is 9. The molecule has 1 rings (SSSR count). The minimum Gasteiger partial charge on any atom is -0.476 e. The molecule has 0 aliphatic carbocycles. The molecule has 0 aromatic carbocycles. The lowest BCUT2D eigenvalue weighted by Crippen LogP contribution is -2.39. The van der Waals surface area contributed by atoms with Gasteiger partial charge in [-0.05, 0) is 34.1 Å². The van der Waals surface area contributed by atoms with Crippen LogP contribution < -0.4 is 16.0 Å². The maximum absolute atomic E-state index is 5.78. The molecule has 3 N–H and O–H groups in total. The average molecular weight is 295 g/mol. The van der Waals surface area contributed by atoms with E-state index >= 15 is 0 Å². The summed E-state index contributed by atoms with van der Waals surface area (Å²) < 4.78 is 5.78. The topological polar surface area (TPSA) is 76.3 Å². The van der Waals surface area contributed by atoms with Crippen molar-refractivity contribution >= 4 is 5.82 Å². The van der Waals surface area contributed by atoms with E-state index in [-0.39, 0.29) is 0 Å². The maximum Gasteiger partial charge on any atom is 0.218 e. The SMILES string of the molecule is CCCc1nc(NN)cc(OCCN(C(C)C)C(C)C)n1. The Balaban J connectivity index is 2.63. The van der Waals surface area contributed by atoms with E-state index in [1.165, 1.54) is 0 Å². The van der Waals surface area contributed by atoms with Crippen LogP contribution in [0.5, 0.6) is 5.88 Å². The number of ether oxygens (including phenoxy) is 1. The molecule has 0 radical (unpaired) electrons. The zero-order valence-electron chi connectivity index (χ0n) is 13.9. The average Bonchev–Trinajstić information content (AvgIpc) is 2.42. The Morgan fingerprint density at radius 3 is 2.43 bits per heavy atom. The number of nitrogen functional groups attached to an aromatic ring is 1. The molecule has 120 valence electrons. The summed E-state index contributed by atoms with van der Waals surface area (Å²) >= 11 is 0. The summed E-state index contributed by atoms with van der Waals surface area (Å²) in [5.41, 5.74) is 2.56. The van der Waals surface area contributed by atoms with E-state index < -0.39 is 0 Å². The molecule has 0 saturated carbocycles. The van der Waals surface area contributed by atoms with E-state index in [4.69, 9.17) is 10.6 Å². The predicted molar refractivity (Wildman–Crippen MR) is 86.3 cm³/mol. The summed E-state index contributed by atoms with van der Waals surface area (Å²) in [6.07, 6.45) is 1.80. The highest BCUT2D eigenvalue weighted by Gasteiger charge is 2.13. The van der Waals surface area contributed by atoms with E-state index in [1.54, 1.807) is 6.07 Å². The Labute approximate surface area is 128 Å². The Morgan fingerprint density at radius 2 is 1.90 bits per heavy atom. The van der Waals surface area contributed by atoms with Crippen molar-refractivity contribution < 1.29 is 4.74 Å². The summed E-state index contributed by atoms with van der Waals surface area (Å²) in [5, 5.41) is 0. The molecule has 6 heteroatoms. The van der Waals surface area contributed by atoms with Gasteiger partial charge in [-0.25, -0.2) is 10.8 Å². The Hall–Kier alpha value is -1.40. The Kier molecular flexibility index (Phi) is 7.39. The van der Waals surface area contributed by atoms with Crippen molar-refractivity contribution in [1.82, 2.24) is 14.9 Å². The molecule has 0 amide bonds. The number of hydrogen-bond donors (Lipinski definition) is 2. The highest BCUT2D eigenvalue weighted by molar-refractivity contribution is 5.36. The van der Waals surface area contributed by atoms with E-state index in [2.05, 4.69) is 54.9 Å². The molecule has 1 heterocycles. The van der Waals surface area contributed by atoms with Crippen LogP contribution in [-0.2, 0) is 6.42 Å². The third-order valence-electron chi connectivity index (χ3n) is 3.30. The zero-order chi connectivity index (χ0) is 15.8. The van der Waals surface area contributed by atoms with Crippen LogP contribution in [0, 0.1) is 0 Å². The molecule has 1 aromatic rings. The van der Waals surface area contributed by atoms with E-state index in [9.17, 15) is 0 Å². The van der Waals surface area contributed by atoms with Crippen LogP contribution in [-0.4, -0.2) is 40.1 Å². The van der Waals surface area contributed by atoms with Crippen molar-refractivity contribution in [2.45, 2.75) is 59.5 Å². The highest BCUT2D eigenvalue weighted by atomic mass is 16.5. The van der Waals surface area contributed by atoms with Crippen LogP contribution in [0.15, 0.2) is 6.07 Å². The number of hydrazine groups is 1. The molecule has 0 unspecified atom stereocenters. The highest BCUT2D eigenvalue weighted by Crippen LogP contribution is 2.14. The van der Waals surface area contributed by atoms with Gasteiger partial charge in [0.25, 0.3) is 0 Å². The normalized spacial score (nSPS) is 11.5. The lowest BCUT2D eigenvalue weighted by molar-refractivity contribution is 0.140. The quantitative estimate of drug-likeness (QED) is 0.537. The first kappa shape index (κ1) is 17.7. The molecule has 0 fully saturated rings. The van der Waals surface area contributed by atoms with E-state index in [0.29, 0.717) is 30.4 Å². The smallest absolute Gasteiger partial charge is 0.218 e. The van der Waals surface area contributed by atoms with Crippen molar-refractivity contribution in [1.29, 1.82) is 0 Å². The number of nitrogens with one attached hydrogen (secondary N) is 1. The van der Waals surface area contributed by atoms with Gasteiger partial charge in [0.05, 0.1) is 0 Å². The van der Waals surface area contributed by atoms with Crippen LogP contribution in [0.3, 0.4) is 0 Å². The summed E-state index contributed by atoms with van der Waals surface area (Å²) in [7, 11) is 0. The summed E-state index contributed by atoms with van der Waals surface area (Å²) in [5.74, 6) is 7.36. The fraction of sp³-hybridized carbons (Fsp3) is 0.733. The Morgan fingerprint density at radius 1 is 1.24 bits per heavy atom. The van der Waals surface area contributed by atoms with Crippen molar-refractivity contribution in [2.75, 3.05) is 18.6 Å². The number of aryl methyl sites for hydroxylation is 1. The van der Waals surface area contributed by atoms with Crippen molar-refractivity contribution in [2.24, 2.45) is 5.84 Å². The minimum atomic E-state index is 0.496. The largest absolute Gasteiger partial charge is 0.476 e. The zero-order valence-corrected chi connectivity index (χ0v) is 13.9. The van der Waals surface area contributed by atoms with Gasteiger partial charge in [0, 0.05) is 31.1 Å². The van der Waals surface area contributed by atoms with Gasteiger partial charge < -0.3 is 10.2 Å². The first-order chi connectivity index (χ1) is 9.97. The third kappa shape index (κ3) is 5.85. The van der Waals surface area contributed by atoms with E-state index in [0.717, 1.165) is 25.2 Å². The lowest BCUT2D eigenvalue weighted by atomic mass is 10.2. The second-order valence-electron chi connectivity index (χ2n) is 5.68. The number of anilines is 1. The van der Waals surface area contributed by atoms with Crippen molar-refractivity contribution in [3.63, 3.8) is 0 Å². The molecule has 0 aliphatic heterocycles. The predicted octanol–water partition coefficient (Wildman–Crippen LogP) is 2.21. The maximum atomic E-state index is 5.78. The monoisotopic (exact) mass is 295 g/mol. The first-order valence-corrected chi connectivity index (χ1v) is 7.71. The van der Waals surface area contributed by atoms with Crippen LogP contribution >= 0.6 is 0 Å². The van der Waals surface area contributed by atoms with Crippen LogP contribution in [0.4, 0.5) is 5.82 Å². The van der Waals surface area contributed by atoms with Gasteiger partial charge in [-0.15, -0.1) is 0 Å². The summed E-state index contributed by atoms with van der Waals surface area (Å²) in [6.45, 7) is 12.3. The standard InChI is InChI=1S/C15H29N5O/c1-6-7-13-17-14(19-16)10-15(18-13)21-9-8-20(11(2)3)12(4)5/h10-12H,6-9,16H2,1-5H3,(H,17,18,19). The van der Waals surface area contributed by atoms with Gasteiger partial charge in [0.2, 0.25) is 5.88 Å². The fourth-order valence-corrected chi connectivity index (χ4v) is 2.32. The molecule has 21 heavy (non-hydrogen) atoms. The second kappa shape index (κ2) is 8.79. The van der Waals surface area contributed by atoms with Crippen LogP contribution in [0.1, 0.15) is 46.9 Å². The van der Waals surface area contributed by atoms with Gasteiger partial charge >= 0.3 is 0 Å². The van der Waals surface area contributed by atoms with Gasteiger partial charge in [0.15, 0.2) is 0 Å². The van der Waals surface area contributed by atoms with Crippen molar-refractivity contribution in [3.05, 3.63) is 11.9 Å². The number of nitrogens with zero attached hydrogens (tertiary/aromatic N) is 3. The summed E-state index contributed by atoms with van der Waals surface area (Å²) in [6, 6.07) is 2.72. The van der Waals surface area contributed by atoms with Gasteiger partial charge in [-0.1, -0.05) is 6.92 Å². The molecular weight excluding hydrogens is 266 g/mol. The molecule has 6 nitrogen and oxygen atoms in total. The first-order valence-electron chi connectivity index (χ1n) is 7.71. The minimum absolute atomic E-state index is 0.496. The van der Waals surface area contributed by atoms with Crippen molar-refractivity contribution in [3.8, 4) is 5.88 Å². The number of aromatic nitrogens is 2. The summed E-state index contributed by atoms with van der Waals surface area (Å²) in [4.78, 5) is 11.1. The molecule has 0 saturated heterocycles. The lowest BCUT2D eigenvalue weighted by Gasteiger charge is -2.30. The molecule has 0 spiro atoms. The molecule has 0 aliphatic rings. The van der Waals surface area contributed by atoms with Gasteiger partial charge in [0.1, 0.15) is 18.2 Å². The van der Waals surface area contributed by atoms with Crippen LogP contribution in [0.25, 0.3) is 0 Å². The number of hydrogen-bond acceptors (Lipinski definition) is 6. The van der Waals surface area contributed by atoms with Gasteiger partial charge in [-0.3, -0.25) is 4.90 Å². The van der Waals surface area contributed by atoms with Gasteiger partial charge in [-0.2, -0.15) is 4.98 Å². The fourth-order valence-electron chi connectivity index (χ4n) is 2.32. The molecular formula is C15H29N5O. The second-order valence-corrected chi connectivity index (χ2v) is 5.68. The van der Waals surface area contributed by atoms with Crippen LogP contribution in [0.2, 0.25) is 0 Å². The van der Waals surface area contributed by atoms with E-state index in [1.807, 2.05) is 0 Å². The third-order valence-corrected chi connectivity index (χ3v) is 3.30. The Bertz CT molecular complexity index is 415. The molecule has 0 bridgehead atoms. The molecule has 0 atom stereocenters. The molecule has 1 aromatic heterocycles. The number of nitrogens with two attached hydrogens (primary N) is 1.